The van der Waals surface area contributed by atoms with Crippen LogP contribution in [0.4, 0.5) is 5.69 Å². The summed E-state index contributed by atoms with van der Waals surface area (Å²) in [5.41, 5.74) is 1.24. The molecule has 2 nitrogen and oxygen atoms in total. The van der Waals surface area contributed by atoms with Crippen LogP contribution in [0.1, 0.15) is 12.8 Å². The minimum Gasteiger partial charge on any atom is -0.393 e. The Bertz CT molecular complexity index is 308. The predicted molar refractivity (Wildman–Crippen MR) is 61.6 cm³/mol. The average Bonchev–Trinajstić information content (AvgIpc) is 2.19. The summed E-state index contributed by atoms with van der Waals surface area (Å²) in [5.74, 6) is 0. The lowest BCUT2D eigenvalue weighted by molar-refractivity contribution is 0.145. The van der Waals surface area contributed by atoms with Crippen molar-refractivity contribution in [1.29, 1.82) is 0 Å². The van der Waals surface area contributed by atoms with Crippen molar-refractivity contribution in [3.05, 3.63) is 28.7 Å². The fraction of sp³-hybridized carbons (Fsp3) is 0.455. The standard InChI is InChI=1S/C11H14BrNO/c12-9-2-1-3-10(8-9)13-6-4-11(14)5-7-13/h1-3,8,11,14H,4-7H2. The molecule has 1 aromatic rings. The Kier molecular flexibility index (Phi) is 3.08. The van der Waals surface area contributed by atoms with E-state index in [0.717, 1.165) is 30.4 Å². The Labute approximate surface area is 92.7 Å². The van der Waals surface area contributed by atoms with Crippen LogP contribution in [0.15, 0.2) is 28.7 Å². The lowest BCUT2D eigenvalue weighted by Crippen LogP contribution is -2.35. The van der Waals surface area contributed by atoms with Gasteiger partial charge in [-0.2, -0.15) is 0 Å². The molecule has 0 atom stereocenters. The molecule has 1 aromatic carbocycles. The zero-order chi connectivity index (χ0) is 9.97. The molecule has 0 radical (unpaired) electrons. The summed E-state index contributed by atoms with van der Waals surface area (Å²) >= 11 is 3.46. The van der Waals surface area contributed by atoms with Crippen LogP contribution in [0.25, 0.3) is 0 Å². The summed E-state index contributed by atoms with van der Waals surface area (Å²) in [6.07, 6.45) is 1.66. The number of anilines is 1. The molecular formula is C11H14BrNO. The third kappa shape index (κ3) is 2.28. The molecule has 0 aliphatic carbocycles. The zero-order valence-electron chi connectivity index (χ0n) is 7.99. The summed E-state index contributed by atoms with van der Waals surface area (Å²) in [5, 5.41) is 9.39. The molecule has 0 amide bonds. The van der Waals surface area contributed by atoms with Gasteiger partial charge in [-0.05, 0) is 31.0 Å². The van der Waals surface area contributed by atoms with Crippen LogP contribution < -0.4 is 4.90 Å². The molecule has 76 valence electrons. The number of piperidine rings is 1. The maximum Gasteiger partial charge on any atom is 0.0574 e. The van der Waals surface area contributed by atoms with Crippen LogP contribution in [-0.2, 0) is 0 Å². The second kappa shape index (κ2) is 4.32. The molecular weight excluding hydrogens is 242 g/mol. The van der Waals surface area contributed by atoms with Gasteiger partial charge in [0.25, 0.3) is 0 Å². The lowest BCUT2D eigenvalue weighted by Gasteiger charge is -2.31. The van der Waals surface area contributed by atoms with Gasteiger partial charge >= 0.3 is 0 Å². The number of hydrogen-bond acceptors (Lipinski definition) is 2. The Balaban J connectivity index is 2.08. The highest BCUT2D eigenvalue weighted by molar-refractivity contribution is 9.10. The van der Waals surface area contributed by atoms with Crippen molar-refractivity contribution in [2.45, 2.75) is 18.9 Å². The van der Waals surface area contributed by atoms with E-state index in [-0.39, 0.29) is 6.10 Å². The molecule has 2 rings (SSSR count). The Hall–Kier alpha value is -0.540. The highest BCUT2D eigenvalue weighted by Gasteiger charge is 2.16. The quantitative estimate of drug-likeness (QED) is 0.834. The summed E-state index contributed by atoms with van der Waals surface area (Å²) < 4.78 is 1.11. The SMILES string of the molecule is OC1CCN(c2cccc(Br)c2)CC1. The monoisotopic (exact) mass is 255 g/mol. The van der Waals surface area contributed by atoms with Gasteiger partial charge in [0, 0.05) is 23.2 Å². The van der Waals surface area contributed by atoms with E-state index in [1.807, 2.05) is 12.1 Å². The van der Waals surface area contributed by atoms with Crippen LogP contribution in [0.2, 0.25) is 0 Å². The van der Waals surface area contributed by atoms with E-state index in [4.69, 9.17) is 0 Å². The minimum atomic E-state index is -0.0987. The van der Waals surface area contributed by atoms with E-state index in [0.29, 0.717) is 0 Å². The van der Waals surface area contributed by atoms with Crippen molar-refractivity contribution in [3.63, 3.8) is 0 Å². The van der Waals surface area contributed by atoms with Gasteiger partial charge in [-0.15, -0.1) is 0 Å². The second-order valence-corrected chi connectivity index (χ2v) is 4.61. The molecule has 0 bridgehead atoms. The molecule has 1 aliphatic rings. The van der Waals surface area contributed by atoms with Crippen LogP contribution in [0, 0.1) is 0 Å². The van der Waals surface area contributed by atoms with Gasteiger partial charge in [0.15, 0.2) is 0 Å². The minimum absolute atomic E-state index is 0.0987. The van der Waals surface area contributed by atoms with Crippen LogP contribution in [0.5, 0.6) is 0 Å². The summed E-state index contributed by atoms with van der Waals surface area (Å²) in [6, 6.07) is 8.31. The van der Waals surface area contributed by atoms with Crippen molar-refractivity contribution in [1.82, 2.24) is 0 Å². The van der Waals surface area contributed by atoms with Gasteiger partial charge in [-0.3, -0.25) is 0 Å². The van der Waals surface area contributed by atoms with Gasteiger partial charge in [0.2, 0.25) is 0 Å². The Morgan fingerprint density at radius 3 is 2.64 bits per heavy atom. The lowest BCUT2D eigenvalue weighted by atomic mass is 10.1. The van der Waals surface area contributed by atoms with Crippen molar-refractivity contribution < 1.29 is 5.11 Å². The zero-order valence-corrected chi connectivity index (χ0v) is 9.57. The van der Waals surface area contributed by atoms with E-state index in [9.17, 15) is 5.11 Å². The Morgan fingerprint density at radius 1 is 1.29 bits per heavy atom. The van der Waals surface area contributed by atoms with Crippen molar-refractivity contribution in [2.75, 3.05) is 18.0 Å². The topological polar surface area (TPSA) is 23.5 Å². The largest absolute Gasteiger partial charge is 0.393 e. The third-order valence-corrected chi connectivity index (χ3v) is 3.13. The molecule has 0 spiro atoms. The first-order valence-electron chi connectivity index (χ1n) is 4.94. The normalized spacial score (nSPS) is 18.6. The van der Waals surface area contributed by atoms with E-state index in [1.165, 1.54) is 5.69 Å². The first kappa shape index (κ1) is 9.99. The number of aliphatic hydroxyl groups is 1. The molecule has 0 unspecified atom stereocenters. The van der Waals surface area contributed by atoms with Gasteiger partial charge in [-0.1, -0.05) is 22.0 Å². The first-order chi connectivity index (χ1) is 6.75. The van der Waals surface area contributed by atoms with Gasteiger partial charge in [0.05, 0.1) is 6.10 Å². The highest BCUT2D eigenvalue weighted by Crippen LogP contribution is 2.23. The van der Waals surface area contributed by atoms with Crippen molar-refractivity contribution >= 4 is 21.6 Å². The van der Waals surface area contributed by atoms with Crippen LogP contribution in [-0.4, -0.2) is 24.3 Å². The molecule has 14 heavy (non-hydrogen) atoms. The summed E-state index contributed by atoms with van der Waals surface area (Å²) in [6.45, 7) is 1.91. The van der Waals surface area contributed by atoms with E-state index < -0.39 is 0 Å². The number of aliphatic hydroxyl groups excluding tert-OH is 1. The van der Waals surface area contributed by atoms with Gasteiger partial charge in [-0.25, -0.2) is 0 Å². The third-order valence-electron chi connectivity index (χ3n) is 2.64. The fourth-order valence-electron chi connectivity index (χ4n) is 1.80. The molecule has 1 aliphatic heterocycles. The van der Waals surface area contributed by atoms with E-state index >= 15 is 0 Å². The molecule has 1 heterocycles. The molecule has 0 saturated carbocycles. The summed E-state index contributed by atoms with van der Waals surface area (Å²) in [4.78, 5) is 2.32. The summed E-state index contributed by atoms with van der Waals surface area (Å²) in [7, 11) is 0. The van der Waals surface area contributed by atoms with Crippen LogP contribution in [0.3, 0.4) is 0 Å². The van der Waals surface area contributed by atoms with E-state index in [2.05, 4.69) is 33.0 Å². The first-order valence-corrected chi connectivity index (χ1v) is 5.73. The molecule has 3 heteroatoms. The van der Waals surface area contributed by atoms with Crippen molar-refractivity contribution in [3.8, 4) is 0 Å². The molecule has 1 fully saturated rings. The number of halogens is 1. The Morgan fingerprint density at radius 2 is 2.00 bits per heavy atom. The fourth-order valence-corrected chi connectivity index (χ4v) is 2.18. The smallest absolute Gasteiger partial charge is 0.0574 e. The van der Waals surface area contributed by atoms with Crippen LogP contribution >= 0.6 is 15.9 Å². The van der Waals surface area contributed by atoms with Gasteiger partial charge in [0.1, 0.15) is 0 Å². The average molecular weight is 256 g/mol. The molecule has 1 N–H and O–H groups in total. The molecule has 0 aromatic heterocycles. The number of nitrogens with zero attached hydrogens (tertiary/aromatic N) is 1. The number of rotatable bonds is 1. The highest BCUT2D eigenvalue weighted by atomic mass is 79.9. The number of benzene rings is 1. The number of hydrogen-bond donors (Lipinski definition) is 1. The molecule has 1 saturated heterocycles. The predicted octanol–water partition coefficient (Wildman–Crippen LogP) is 2.41. The van der Waals surface area contributed by atoms with E-state index in [1.54, 1.807) is 0 Å². The second-order valence-electron chi connectivity index (χ2n) is 3.70. The maximum atomic E-state index is 9.39. The maximum absolute atomic E-state index is 9.39. The van der Waals surface area contributed by atoms with Crippen molar-refractivity contribution in [2.24, 2.45) is 0 Å². The van der Waals surface area contributed by atoms with Gasteiger partial charge < -0.3 is 10.0 Å².